The van der Waals surface area contributed by atoms with E-state index in [0.717, 1.165) is 18.9 Å². The molecule has 2 rings (SSSR count). The number of rotatable bonds is 1. The van der Waals surface area contributed by atoms with Crippen molar-refractivity contribution in [1.82, 2.24) is 9.97 Å². The largest absolute Gasteiger partial charge is 0.353 e. The third-order valence-corrected chi connectivity index (χ3v) is 2.77. The van der Waals surface area contributed by atoms with Gasteiger partial charge < -0.3 is 10.6 Å². The minimum absolute atomic E-state index is 0.218. The minimum atomic E-state index is 0.218. The lowest BCUT2D eigenvalue weighted by molar-refractivity contribution is 0.566. The van der Waals surface area contributed by atoms with E-state index in [4.69, 9.17) is 17.3 Å². The molecule has 0 bridgehead atoms. The van der Waals surface area contributed by atoms with E-state index in [9.17, 15) is 0 Å². The molecule has 1 aliphatic heterocycles. The second-order valence-electron chi connectivity index (χ2n) is 3.75. The summed E-state index contributed by atoms with van der Waals surface area (Å²) < 4.78 is 0. The van der Waals surface area contributed by atoms with E-state index in [2.05, 4.69) is 21.8 Å². The smallest absolute Gasteiger partial charge is 0.149 e. The van der Waals surface area contributed by atoms with Crippen LogP contribution in [0.1, 0.15) is 6.92 Å². The molecule has 1 aliphatic rings. The maximum atomic E-state index is 5.92. The Bertz CT molecular complexity index is 320. The van der Waals surface area contributed by atoms with Gasteiger partial charge in [0, 0.05) is 19.1 Å². The van der Waals surface area contributed by atoms with E-state index >= 15 is 0 Å². The summed E-state index contributed by atoms with van der Waals surface area (Å²) >= 11 is 5.76. The maximum absolute atomic E-state index is 5.92. The number of nitrogens with two attached hydrogens (primary N) is 1. The van der Waals surface area contributed by atoms with E-state index in [1.54, 1.807) is 6.20 Å². The molecule has 2 heterocycles. The summed E-state index contributed by atoms with van der Waals surface area (Å²) in [4.78, 5) is 10.3. The zero-order chi connectivity index (χ0) is 10.1. The van der Waals surface area contributed by atoms with Crippen LogP contribution < -0.4 is 10.6 Å². The predicted molar refractivity (Wildman–Crippen MR) is 56.4 cm³/mol. The van der Waals surface area contributed by atoms with Crippen molar-refractivity contribution in [2.75, 3.05) is 18.0 Å². The van der Waals surface area contributed by atoms with E-state index in [1.165, 1.54) is 6.20 Å². The topological polar surface area (TPSA) is 55.0 Å². The van der Waals surface area contributed by atoms with E-state index in [-0.39, 0.29) is 6.04 Å². The normalized spacial score (nSPS) is 26.9. The number of halogens is 1. The van der Waals surface area contributed by atoms with Crippen molar-refractivity contribution in [2.24, 2.45) is 11.7 Å². The van der Waals surface area contributed by atoms with Crippen LogP contribution in [0.5, 0.6) is 0 Å². The quantitative estimate of drug-likeness (QED) is 0.752. The Labute approximate surface area is 88.1 Å². The molecule has 4 nitrogen and oxygen atoms in total. The lowest BCUT2D eigenvalue weighted by atomic mass is 10.1. The zero-order valence-corrected chi connectivity index (χ0v) is 8.78. The van der Waals surface area contributed by atoms with Gasteiger partial charge in [-0.15, -0.1) is 0 Å². The highest BCUT2D eigenvalue weighted by Gasteiger charge is 2.27. The molecule has 76 valence electrons. The van der Waals surface area contributed by atoms with Crippen LogP contribution in [0.25, 0.3) is 0 Å². The lowest BCUT2D eigenvalue weighted by Crippen LogP contribution is -2.28. The molecule has 0 saturated carbocycles. The Morgan fingerprint density at radius 3 is 2.86 bits per heavy atom. The number of hydrogen-bond acceptors (Lipinski definition) is 4. The van der Waals surface area contributed by atoms with Crippen molar-refractivity contribution < 1.29 is 0 Å². The highest BCUT2D eigenvalue weighted by molar-refractivity contribution is 6.29. The molecule has 14 heavy (non-hydrogen) atoms. The molecule has 2 N–H and O–H groups in total. The van der Waals surface area contributed by atoms with Crippen LogP contribution in [0, 0.1) is 5.92 Å². The third kappa shape index (κ3) is 1.81. The highest BCUT2D eigenvalue weighted by atomic mass is 35.5. The van der Waals surface area contributed by atoms with Gasteiger partial charge in [0.25, 0.3) is 0 Å². The highest BCUT2D eigenvalue weighted by Crippen LogP contribution is 2.21. The first-order valence-electron chi connectivity index (χ1n) is 4.65. The van der Waals surface area contributed by atoms with Crippen LogP contribution in [-0.2, 0) is 0 Å². The number of anilines is 1. The molecule has 1 saturated heterocycles. The number of hydrogen-bond donors (Lipinski definition) is 1. The van der Waals surface area contributed by atoms with E-state index < -0.39 is 0 Å². The molecule has 1 aromatic heterocycles. The fourth-order valence-electron chi connectivity index (χ4n) is 1.66. The van der Waals surface area contributed by atoms with Gasteiger partial charge in [-0.1, -0.05) is 18.5 Å². The van der Waals surface area contributed by atoms with Gasteiger partial charge in [0.1, 0.15) is 11.0 Å². The summed E-state index contributed by atoms with van der Waals surface area (Å²) in [6.45, 7) is 3.90. The third-order valence-electron chi connectivity index (χ3n) is 2.59. The van der Waals surface area contributed by atoms with Gasteiger partial charge in [-0.2, -0.15) is 0 Å². The van der Waals surface area contributed by atoms with Gasteiger partial charge in [-0.25, -0.2) is 4.98 Å². The molecule has 2 unspecified atom stereocenters. The summed E-state index contributed by atoms with van der Waals surface area (Å²) in [6, 6.07) is 0.218. The Hall–Kier alpha value is -0.870. The summed E-state index contributed by atoms with van der Waals surface area (Å²) in [5, 5.41) is 0.427. The second-order valence-corrected chi connectivity index (χ2v) is 4.13. The van der Waals surface area contributed by atoms with Crippen LogP contribution in [0.4, 0.5) is 5.82 Å². The van der Waals surface area contributed by atoms with Gasteiger partial charge in [-0.3, -0.25) is 4.98 Å². The van der Waals surface area contributed by atoms with Gasteiger partial charge in [-0.05, 0) is 5.92 Å². The van der Waals surface area contributed by atoms with Crippen LogP contribution in [0.15, 0.2) is 12.4 Å². The van der Waals surface area contributed by atoms with Crippen LogP contribution in [0.3, 0.4) is 0 Å². The Balaban J connectivity index is 2.17. The summed E-state index contributed by atoms with van der Waals surface area (Å²) in [5.41, 5.74) is 5.92. The molecule has 0 radical (unpaired) electrons. The predicted octanol–water partition coefficient (Wildman–Crippen LogP) is 0.913. The molecule has 0 aliphatic carbocycles. The van der Waals surface area contributed by atoms with Crippen molar-refractivity contribution in [3.05, 3.63) is 17.5 Å². The first-order chi connectivity index (χ1) is 6.66. The van der Waals surface area contributed by atoms with Crippen molar-refractivity contribution in [3.63, 3.8) is 0 Å². The zero-order valence-electron chi connectivity index (χ0n) is 8.02. The second kappa shape index (κ2) is 3.71. The molecular formula is C9H13ClN4. The summed E-state index contributed by atoms with van der Waals surface area (Å²) in [6.07, 6.45) is 3.25. The lowest BCUT2D eigenvalue weighted by Gasteiger charge is -2.15. The fraction of sp³-hybridized carbons (Fsp3) is 0.556. The standard InChI is InChI=1S/C9H13ClN4/c1-6-4-14(5-7(6)11)9-3-12-2-8(10)13-9/h2-3,6-7H,4-5,11H2,1H3. The maximum Gasteiger partial charge on any atom is 0.149 e. The average molecular weight is 213 g/mol. The monoisotopic (exact) mass is 212 g/mol. The van der Waals surface area contributed by atoms with Crippen LogP contribution in [0.2, 0.25) is 5.15 Å². The van der Waals surface area contributed by atoms with Gasteiger partial charge in [0.15, 0.2) is 0 Å². The Morgan fingerprint density at radius 2 is 2.29 bits per heavy atom. The molecule has 2 atom stereocenters. The van der Waals surface area contributed by atoms with E-state index in [1.807, 2.05) is 0 Å². The van der Waals surface area contributed by atoms with Gasteiger partial charge in [0.05, 0.1) is 12.4 Å². The number of nitrogens with zero attached hydrogens (tertiary/aromatic N) is 3. The van der Waals surface area contributed by atoms with Crippen molar-refractivity contribution in [3.8, 4) is 0 Å². The van der Waals surface area contributed by atoms with Gasteiger partial charge >= 0.3 is 0 Å². The molecule has 0 spiro atoms. The molecular weight excluding hydrogens is 200 g/mol. The van der Waals surface area contributed by atoms with Crippen molar-refractivity contribution in [2.45, 2.75) is 13.0 Å². The fourth-order valence-corrected chi connectivity index (χ4v) is 1.81. The molecule has 0 amide bonds. The first-order valence-corrected chi connectivity index (χ1v) is 5.02. The first kappa shape index (κ1) is 9.68. The summed E-state index contributed by atoms with van der Waals surface area (Å²) in [7, 11) is 0. The minimum Gasteiger partial charge on any atom is -0.353 e. The number of aromatic nitrogens is 2. The van der Waals surface area contributed by atoms with Crippen LogP contribution in [-0.4, -0.2) is 29.1 Å². The van der Waals surface area contributed by atoms with Crippen molar-refractivity contribution in [1.29, 1.82) is 0 Å². The van der Waals surface area contributed by atoms with Gasteiger partial charge in [0.2, 0.25) is 0 Å². The average Bonchev–Trinajstić information content (AvgIpc) is 2.47. The molecule has 5 heteroatoms. The Morgan fingerprint density at radius 1 is 1.50 bits per heavy atom. The Kier molecular flexibility index (Phi) is 2.56. The molecule has 1 fully saturated rings. The molecule has 1 aromatic rings. The SMILES string of the molecule is CC1CN(c2cncc(Cl)n2)CC1N. The van der Waals surface area contributed by atoms with Crippen molar-refractivity contribution >= 4 is 17.4 Å². The molecule has 0 aromatic carbocycles. The van der Waals surface area contributed by atoms with Crippen LogP contribution >= 0.6 is 11.6 Å². The van der Waals surface area contributed by atoms with E-state index in [0.29, 0.717) is 11.1 Å². The summed E-state index contributed by atoms with van der Waals surface area (Å²) in [5.74, 6) is 1.31.